The smallest absolute Gasteiger partial charge is 0.306 e. The molecule has 4 aliphatic carbocycles. The minimum atomic E-state index is -0.349. The Hall–Kier alpha value is -1.66. The molecule has 0 radical (unpaired) electrons. The molecule has 6 rings (SSSR count). The third-order valence-corrected chi connectivity index (χ3v) is 13.7. The summed E-state index contributed by atoms with van der Waals surface area (Å²) in [7, 11) is 9.38. The maximum absolute atomic E-state index is 14.7. The van der Waals surface area contributed by atoms with E-state index in [2.05, 4.69) is 58.0 Å². The van der Waals surface area contributed by atoms with Crippen LogP contribution in [0.1, 0.15) is 91.9 Å². The summed E-state index contributed by atoms with van der Waals surface area (Å²) in [6.07, 6.45) is 13.5. The molecule has 2 saturated carbocycles. The molecule has 0 aromatic heterocycles. The van der Waals surface area contributed by atoms with Crippen molar-refractivity contribution in [3.05, 3.63) is 23.8 Å². The van der Waals surface area contributed by atoms with Crippen molar-refractivity contribution >= 4 is 11.8 Å². The van der Waals surface area contributed by atoms with E-state index in [1.54, 1.807) is 21.3 Å². The summed E-state index contributed by atoms with van der Waals surface area (Å²) in [4.78, 5) is 30.4. The predicted octanol–water partition coefficient (Wildman–Crippen LogP) is 6.15. The predicted molar refractivity (Wildman–Crippen MR) is 197 cm³/mol. The second-order valence-corrected chi connectivity index (χ2v) is 17.0. The molecule has 52 heavy (non-hydrogen) atoms. The van der Waals surface area contributed by atoms with Crippen molar-refractivity contribution < 1.29 is 42.7 Å². The van der Waals surface area contributed by atoms with Gasteiger partial charge >= 0.3 is 5.97 Å². The van der Waals surface area contributed by atoms with Gasteiger partial charge in [-0.15, -0.1) is 0 Å². The van der Waals surface area contributed by atoms with Gasteiger partial charge in [-0.3, -0.25) is 9.59 Å². The minimum Gasteiger partial charge on any atom is -0.462 e. The fourth-order valence-electron chi connectivity index (χ4n) is 10.9. The van der Waals surface area contributed by atoms with Gasteiger partial charge in [0, 0.05) is 39.2 Å². The summed E-state index contributed by atoms with van der Waals surface area (Å²) in [5.41, 5.74) is 0.788. The van der Waals surface area contributed by atoms with E-state index < -0.39 is 0 Å². The lowest BCUT2D eigenvalue weighted by Gasteiger charge is -2.44. The van der Waals surface area contributed by atoms with Gasteiger partial charge in [0.2, 0.25) is 0 Å². The molecule has 0 spiro atoms. The lowest BCUT2D eigenvalue weighted by molar-refractivity contribution is -0.231. The topological polar surface area (TPSA) is 102 Å². The van der Waals surface area contributed by atoms with Crippen molar-refractivity contribution in [2.45, 2.75) is 153 Å². The molecular formula is C42H67NO9. The Morgan fingerprint density at radius 2 is 1.58 bits per heavy atom. The van der Waals surface area contributed by atoms with E-state index in [0.717, 1.165) is 63.4 Å². The molecular weight excluding hydrogens is 662 g/mol. The number of ether oxygens (including phenoxy) is 7. The normalized spacial score (nSPS) is 45.7. The van der Waals surface area contributed by atoms with Crippen LogP contribution < -0.4 is 0 Å². The molecule has 10 nitrogen and oxygen atoms in total. The number of esters is 1. The van der Waals surface area contributed by atoms with Crippen LogP contribution in [0.3, 0.4) is 0 Å². The zero-order valence-corrected chi connectivity index (χ0v) is 33.2. The number of ketones is 1. The molecule has 2 aliphatic heterocycles. The van der Waals surface area contributed by atoms with Crippen LogP contribution in [0.2, 0.25) is 0 Å². The highest BCUT2D eigenvalue weighted by molar-refractivity contribution is 5.99. The first-order valence-electron chi connectivity index (χ1n) is 20.3. The lowest BCUT2D eigenvalue weighted by Crippen LogP contribution is -2.56. The number of hydrogen-bond acceptors (Lipinski definition) is 10. The summed E-state index contributed by atoms with van der Waals surface area (Å²) in [5.74, 6) is 0.551. The molecule has 0 aromatic rings. The molecule has 2 saturated heterocycles. The number of nitrogens with zero attached hydrogens (tertiary/aromatic N) is 1. The highest BCUT2D eigenvalue weighted by atomic mass is 16.7. The molecule has 2 heterocycles. The zero-order chi connectivity index (χ0) is 37.3. The van der Waals surface area contributed by atoms with Crippen LogP contribution in [-0.2, 0) is 42.7 Å². The summed E-state index contributed by atoms with van der Waals surface area (Å²) in [5, 5.41) is 0. The number of methoxy groups -OCH3 is 3. The summed E-state index contributed by atoms with van der Waals surface area (Å²) < 4.78 is 43.8. The average Bonchev–Trinajstić information content (AvgIpc) is 3.70. The van der Waals surface area contributed by atoms with E-state index in [-0.39, 0.29) is 103 Å². The number of cyclic esters (lactones) is 1. The molecule has 6 aliphatic rings. The van der Waals surface area contributed by atoms with E-state index in [1.165, 1.54) is 0 Å². The summed E-state index contributed by atoms with van der Waals surface area (Å²) in [6.45, 7) is 8.42. The van der Waals surface area contributed by atoms with Gasteiger partial charge in [0.15, 0.2) is 12.1 Å². The number of carbonyl (C=O) groups is 2. The van der Waals surface area contributed by atoms with Gasteiger partial charge in [-0.25, -0.2) is 0 Å². The molecule has 0 unspecified atom stereocenters. The first kappa shape index (κ1) is 40.0. The van der Waals surface area contributed by atoms with Crippen molar-refractivity contribution in [3.8, 4) is 0 Å². The van der Waals surface area contributed by atoms with Crippen LogP contribution in [-0.4, -0.2) is 113 Å². The van der Waals surface area contributed by atoms with Crippen LogP contribution in [0, 0.1) is 41.4 Å². The van der Waals surface area contributed by atoms with Crippen LogP contribution in [0.4, 0.5) is 0 Å². The molecule has 10 heteroatoms. The maximum atomic E-state index is 14.7. The number of hydrogen-bond donors (Lipinski definition) is 0. The Kier molecular flexibility index (Phi) is 13.4. The molecule has 0 N–H and O–H groups in total. The van der Waals surface area contributed by atoms with Gasteiger partial charge in [0.05, 0.1) is 36.9 Å². The molecule has 0 bridgehead atoms. The number of rotatable bonds is 9. The number of likely N-dealkylation sites (N-methyl/N-ethyl adjacent to an activating group) is 1. The Morgan fingerprint density at radius 3 is 2.25 bits per heavy atom. The monoisotopic (exact) mass is 729 g/mol. The zero-order valence-electron chi connectivity index (χ0n) is 33.2. The fourth-order valence-corrected chi connectivity index (χ4v) is 10.9. The number of carbonyl (C=O) groups excluding carboxylic acids is 2. The SMILES string of the molecule is CC[C@H]1CCC[C@H](O[C@H]2CC[C@H](N(C)C)[C@@H](C)O2)[C@@H](C)C(=O)C2=C[C@@H]3[C@@H](C=C[C@@H]4C[C@@H](O[C@@H]5C[C@@H](C)[C@H](OC)[C@@H](OC)[C@H]5OC)C[C@@H]34)[C@@H]2CC(=O)O1. The standard InChI is InChI=1S/C42H67NO9/c1-10-27-12-11-13-35(52-38-17-16-34(43(5)6)25(4)49-38)24(3)39(45)33-21-31-29(32(33)22-37(44)51-27)15-14-26-19-28(20-30(26)31)50-36-18-23(2)40(46-7)42(48-9)41(36)47-8/h14-15,21,23-32,34-36,38,40-42H,10-13,16-20,22H2,1-9H3/t23-,24-,25-,26-,27+,28-,29-,30-,31-,32+,34+,35+,36-,38+,40+,41+,42-/m1/s1. The van der Waals surface area contributed by atoms with E-state index in [9.17, 15) is 9.59 Å². The highest BCUT2D eigenvalue weighted by Crippen LogP contribution is 2.54. The lowest BCUT2D eigenvalue weighted by atomic mass is 9.70. The van der Waals surface area contributed by atoms with Gasteiger partial charge in [-0.2, -0.15) is 0 Å². The number of fused-ring (bicyclic) bond motifs is 5. The van der Waals surface area contributed by atoms with Crippen LogP contribution in [0.15, 0.2) is 23.8 Å². The Balaban J connectivity index is 1.20. The van der Waals surface area contributed by atoms with Gasteiger partial charge in [0.25, 0.3) is 0 Å². The Labute approximate surface area is 312 Å². The molecule has 0 aromatic carbocycles. The van der Waals surface area contributed by atoms with Gasteiger partial charge < -0.3 is 38.1 Å². The van der Waals surface area contributed by atoms with Crippen LogP contribution in [0.5, 0.6) is 0 Å². The fraction of sp³-hybridized carbons (Fsp3) is 0.857. The van der Waals surface area contributed by atoms with Crippen molar-refractivity contribution in [2.75, 3.05) is 35.4 Å². The third kappa shape index (κ3) is 8.29. The minimum absolute atomic E-state index is 0.0458. The van der Waals surface area contributed by atoms with Crippen molar-refractivity contribution in [1.29, 1.82) is 0 Å². The Bertz CT molecular complexity index is 1290. The maximum Gasteiger partial charge on any atom is 0.306 e. The summed E-state index contributed by atoms with van der Waals surface area (Å²) >= 11 is 0. The number of Topliss-reactive ketones (excluding diaryl/α,β-unsaturated/α-hetero) is 1. The molecule has 294 valence electrons. The average molecular weight is 730 g/mol. The highest BCUT2D eigenvalue weighted by Gasteiger charge is 2.52. The molecule has 17 atom stereocenters. The molecule has 4 fully saturated rings. The largest absolute Gasteiger partial charge is 0.462 e. The first-order valence-corrected chi connectivity index (χ1v) is 20.3. The van der Waals surface area contributed by atoms with E-state index >= 15 is 0 Å². The quantitative estimate of drug-likeness (QED) is 0.203. The molecule has 0 amide bonds. The Morgan fingerprint density at radius 1 is 0.827 bits per heavy atom. The third-order valence-electron chi connectivity index (χ3n) is 13.7. The van der Waals surface area contributed by atoms with Crippen LogP contribution in [0.25, 0.3) is 0 Å². The van der Waals surface area contributed by atoms with Crippen molar-refractivity contribution in [1.82, 2.24) is 4.90 Å². The second kappa shape index (κ2) is 17.4. The number of allylic oxidation sites excluding steroid dienone is 4. The van der Waals surface area contributed by atoms with E-state index in [4.69, 9.17) is 33.2 Å². The van der Waals surface area contributed by atoms with Crippen LogP contribution >= 0.6 is 0 Å². The van der Waals surface area contributed by atoms with Gasteiger partial charge in [0.1, 0.15) is 18.3 Å². The van der Waals surface area contributed by atoms with E-state index in [0.29, 0.717) is 17.9 Å². The van der Waals surface area contributed by atoms with Crippen molar-refractivity contribution in [2.24, 2.45) is 41.4 Å². The van der Waals surface area contributed by atoms with Gasteiger partial charge in [-0.1, -0.05) is 39.0 Å². The first-order chi connectivity index (χ1) is 25.0. The van der Waals surface area contributed by atoms with Gasteiger partial charge in [-0.05, 0) is 114 Å². The summed E-state index contributed by atoms with van der Waals surface area (Å²) in [6, 6.07) is 0.346. The second-order valence-electron chi connectivity index (χ2n) is 17.0. The van der Waals surface area contributed by atoms with E-state index in [1.807, 2.05) is 6.92 Å². The van der Waals surface area contributed by atoms with Crippen molar-refractivity contribution in [3.63, 3.8) is 0 Å².